The maximum Gasteiger partial charge on any atom is 0.251 e. The van der Waals surface area contributed by atoms with Crippen LogP contribution in [0.4, 0.5) is 26.0 Å². The van der Waals surface area contributed by atoms with Crippen molar-refractivity contribution in [3.63, 3.8) is 0 Å². The van der Waals surface area contributed by atoms with Gasteiger partial charge in [-0.2, -0.15) is 0 Å². The smallest absolute Gasteiger partial charge is 0.251 e. The van der Waals surface area contributed by atoms with Crippen LogP contribution < -0.4 is 14.5 Å². The number of H-pyrrole nitrogens is 1. The van der Waals surface area contributed by atoms with Gasteiger partial charge in [-0.05, 0) is 73.9 Å². The third kappa shape index (κ3) is 5.85. The number of nitrogens with zero attached hydrogens (tertiary/aromatic N) is 4. The van der Waals surface area contributed by atoms with E-state index in [-0.39, 0.29) is 38.3 Å². The van der Waals surface area contributed by atoms with Gasteiger partial charge in [-0.1, -0.05) is 0 Å². The molecule has 0 bridgehead atoms. The molecule has 6 rings (SSSR count). The fraction of sp³-hybridized carbons (Fsp3) is 0.517. The minimum Gasteiger partial charge on any atom is -0.395 e. The Labute approximate surface area is 235 Å². The van der Waals surface area contributed by atoms with Gasteiger partial charge >= 0.3 is 0 Å². The van der Waals surface area contributed by atoms with Crippen molar-refractivity contribution in [2.75, 3.05) is 53.1 Å². The number of rotatable bonds is 8. The number of hydrogen-bond acceptors (Lipinski definition) is 6. The summed E-state index contributed by atoms with van der Waals surface area (Å²) >= 11 is 0. The number of hydrogen-bond donors (Lipinski definition) is 3. The predicted molar refractivity (Wildman–Crippen MR) is 155 cm³/mol. The van der Waals surface area contributed by atoms with Crippen LogP contribution in [0.2, 0.25) is 0 Å². The van der Waals surface area contributed by atoms with Gasteiger partial charge in [0.25, 0.3) is 5.92 Å². The zero-order valence-electron chi connectivity index (χ0n) is 22.8. The van der Waals surface area contributed by atoms with Crippen LogP contribution in [0.15, 0.2) is 36.5 Å². The van der Waals surface area contributed by atoms with Gasteiger partial charge in [-0.3, -0.25) is 0 Å². The molecule has 1 spiro atoms. The van der Waals surface area contributed by atoms with E-state index in [4.69, 9.17) is 15.1 Å². The SMILES string of the molecule is Cc1cc(-c2cnc(-c3ccc(NS(=O)CCO)cc3N3CCC4(CC3)CC4)[nH]2)nc(N2CCC(F)(F)CC2)c1. The molecule has 0 amide bonds. The van der Waals surface area contributed by atoms with Crippen LogP contribution in [0.5, 0.6) is 0 Å². The number of aryl methyl sites for hydroxylation is 1. The van der Waals surface area contributed by atoms with Crippen LogP contribution in [0.3, 0.4) is 0 Å². The lowest BCUT2D eigenvalue weighted by molar-refractivity contribution is -0.0221. The van der Waals surface area contributed by atoms with Gasteiger partial charge in [0.15, 0.2) is 0 Å². The van der Waals surface area contributed by atoms with E-state index in [2.05, 4.69) is 14.6 Å². The van der Waals surface area contributed by atoms with Gasteiger partial charge in [0.1, 0.15) is 22.6 Å². The van der Waals surface area contributed by atoms with Gasteiger partial charge in [-0.25, -0.2) is 23.0 Å². The number of imidazole rings is 1. The fourth-order valence-corrected chi connectivity index (χ4v) is 6.48. The number of nitrogens with one attached hydrogen (secondary N) is 2. The summed E-state index contributed by atoms with van der Waals surface area (Å²) in [5.74, 6) is -1.03. The van der Waals surface area contributed by atoms with E-state index in [1.165, 1.54) is 25.7 Å². The van der Waals surface area contributed by atoms with Crippen molar-refractivity contribution in [2.45, 2.75) is 51.4 Å². The first-order valence-corrected chi connectivity index (χ1v) is 15.4. The highest BCUT2D eigenvalue weighted by atomic mass is 32.2. The van der Waals surface area contributed by atoms with Gasteiger partial charge in [0, 0.05) is 56.0 Å². The summed E-state index contributed by atoms with van der Waals surface area (Å²) in [6.07, 6.45) is 6.43. The molecule has 3 fully saturated rings. The van der Waals surface area contributed by atoms with E-state index in [1.54, 1.807) is 6.20 Å². The molecule has 2 saturated heterocycles. The summed E-state index contributed by atoms with van der Waals surface area (Å²) in [7, 11) is -1.37. The molecule has 40 heavy (non-hydrogen) atoms. The van der Waals surface area contributed by atoms with E-state index in [9.17, 15) is 13.0 Å². The molecule has 1 unspecified atom stereocenters. The third-order valence-corrected chi connectivity index (χ3v) is 9.53. The van der Waals surface area contributed by atoms with Crippen molar-refractivity contribution >= 4 is 28.2 Å². The lowest BCUT2D eigenvalue weighted by Gasteiger charge is -2.35. The molecule has 1 saturated carbocycles. The van der Waals surface area contributed by atoms with Crippen LogP contribution in [0, 0.1) is 12.3 Å². The summed E-state index contributed by atoms with van der Waals surface area (Å²) in [6.45, 7) is 4.32. The second-order valence-electron chi connectivity index (χ2n) is 11.5. The molecule has 0 radical (unpaired) electrons. The first kappa shape index (κ1) is 27.1. The number of aromatic nitrogens is 3. The lowest BCUT2D eigenvalue weighted by atomic mass is 9.93. The fourth-order valence-electron chi connectivity index (χ4n) is 5.82. The lowest BCUT2D eigenvalue weighted by Crippen LogP contribution is -2.39. The van der Waals surface area contributed by atoms with E-state index >= 15 is 0 Å². The van der Waals surface area contributed by atoms with Gasteiger partial charge < -0.3 is 24.6 Å². The van der Waals surface area contributed by atoms with E-state index in [1.807, 2.05) is 42.2 Å². The number of pyridine rings is 1. The topological polar surface area (TPSA) is 97.4 Å². The summed E-state index contributed by atoms with van der Waals surface area (Å²) in [5, 5.41) is 9.15. The first-order chi connectivity index (χ1) is 19.2. The Hall–Kier alpha value is -3.05. The molecular weight excluding hydrogens is 534 g/mol. The molecule has 3 aliphatic rings. The van der Waals surface area contributed by atoms with Crippen molar-refractivity contribution in [3.8, 4) is 22.8 Å². The third-order valence-electron chi connectivity index (χ3n) is 8.51. The molecule has 214 valence electrons. The minimum atomic E-state index is -2.61. The number of piperidine rings is 2. The molecule has 3 N–H and O–H groups in total. The number of anilines is 3. The van der Waals surface area contributed by atoms with Crippen molar-refractivity contribution in [3.05, 3.63) is 42.1 Å². The highest BCUT2D eigenvalue weighted by Crippen LogP contribution is 2.54. The Balaban J connectivity index is 1.29. The van der Waals surface area contributed by atoms with Crippen molar-refractivity contribution in [1.82, 2.24) is 15.0 Å². The zero-order valence-corrected chi connectivity index (χ0v) is 23.6. The number of aliphatic hydroxyl groups is 1. The van der Waals surface area contributed by atoms with Gasteiger partial charge in [-0.15, -0.1) is 0 Å². The second-order valence-corrected chi connectivity index (χ2v) is 12.8. The van der Waals surface area contributed by atoms with Gasteiger partial charge in [0.2, 0.25) is 0 Å². The molecule has 3 aromatic rings. The average molecular weight is 571 g/mol. The summed E-state index contributed by atoms with van der Waals surface area (Å²) in [4.78, 5) is 17.3. The quantitative estimate of drug-likeness (QED) is 0.348. The van der Waals surface area contributed by atoms with Crippen LogP contribution in [0.25, 0.3) is 22.8 Å². The van der Waals surface area contributed by atoms with Crippen molar-refractivity contribution in [1.29, 1.82) is 0 Å². The first-order valence-electron chi connectivity index (χ1n) is 14.0. The molecule has 1 aliphatic carbocycles. The zero-order chi connectivity index (χ0) is 27.9. The van der Waals surface area contributed by atoms with E-state index < -0.39 is 16.9 Å². The molecule has 2 aromatic heterocycles. The largest absolute Gasteiger partial charge is 0.395 e. The van der Waals surface area contributed by atoms with Crippen molar-refractivity contribution in [2.24, 2.45) is 5.41 Å². The molecule has 4 heterocycles. The average Bonchev–Trinajstić information content (AvgIpc) is 3.49. The van der Waals surface area contributed by atoms with Gasteiger partial charge in [0.05, 0.1) is 29.9 Å². The van der Waals surface area contributed by atoms with Crippen LogP contribution in [-0.2, 0) is 11.0 Å². The van der Waals surface area contributed by atoms with Crippen LogP contribution >= 0.6 is 0 Å². The number of benzene rings is 1. The summed E-state index contributed by atoms with van der Waals surface area (Å²) in [6, 6.07) is 9.81. The Morgan fingerprint density at radius 3 is 2.45 bits per heavy atom. The molecule has 2 aliphatic heterocycles. The maximum atomic E-state index is 13.7. The van der Waals surface area contributed by atoms with E-state index in [0.717, 1.165) is 47.0 Å². The second kappa shape index (κ2) is 10.7. The molecular formula is C29H36F2N6O2S. The summed E-state index contributed by atoms with van der Waals surface area (Å²) < 4.78 is 42.7. The normalized spacial score (nSPS) is 20.5. The Morgan fingerprint density at radius 1 is 1.02 bits per heavy atom. The molecule has 8 nitrogen and oxygen atoms in total. The van der Waals surface area contributed by atoms with Crippen molar-refractivity contribution < 1.29 is 18.1 Å². The Bertz CT molecular complexity index is 1390. The Kier molecular flexibility index (Phi) is 7.28. The standard InChI is InChI=1S/C29H36F2N6O2S/c1-20-16-23(33-26(17-20)37-12-8-29(30,31)9-13-37)24-19-32-27(34-24)22-3-2-21(35-40(39)15-14-38)18-25(22)36-10-6-28(4-5-28)7-11-36/h2-3,16-19,35,38H,4-15H2,1H3,(H,32,34). The number of aromatic amines is 1. The predicted octanol–water partition coefficient (Wildman–Crippen LogP) is 5.13. The van der Waals surface area contributed by atoms with Crippen LogP contribution in [-0.4, -0.2) is 68.7 Å². The summed E-state index contributed by atoms with van der Waals surface area (Å²) in [5.41, 5.74) is 5.72. The molecule has 11 heteroatoms. The number of aliphatic hydroxyl groups excluding tert-OH is 1. The number of halogens is 2. The monoisotopic (exact) mass is 570 g/mol. The highest BCUT2D eigenvalue weighted by Gasteiger charge is 2.44. The highest BCUT2D eigenvalue weighted by molar-refractivity contribution is 7.86. The van der Waals surface area contributed by atoms with Crippen LogP contribution in [0.1, 0.15) is 44.1 Å². The molecule has 1 atom stereocenters. The number of alkyl halides is 2. The van der Waals surface area contributed by atoms with E-state index in [0.29, 0.717) is 17.1 Å². The molecule has 1 aromatic carbocycles. The Morgan fingerprint density at radius 2 is 1.75 bits per heavy atom. The minimum absolute atomic E-state index is 0.146. The maximum absolute atomic E-state index is 13.7.